The van der Waals surface area contributed by atoms with Crippen LogP contribution in [-0.4, -0.2) is 36.7 Å². The first-order chi connectivity index (χ1) is 17.0. The number of fused-ring (bicyclic) bond motifs is 1. The van der Waals surface area contributed by atoms with Crippen molar-refractivity contribution in [3.8, 4) is 5.75 Å². The van der Waals surface area contributed by atoms with Crippen molar-refractivity contribution < 1.29 is 19.4 Å². The van der Waals surface area contributed by atoms with E-state index < -0.39 is 34.7 Å². The highest BCUT2D eigenvalue weighted by molar-refractivity contribution is 5.92. The molecule has 2 fully saturated rings. The molecule has 0 spiro atoms. The lowest BCUT2D eigenvalue weighted by atomic mass is 9.41. The number of nitrogens with zero attached hydrogens (tertiary/aromatic N) is 1. The van der Waals surface area contributed by atoms with Crippen molar-refractivity contribution in [3.05, 3.63) is 95.6 Å². The zero-order valence-electron chi connectivity index (χ0n) is 19.6. The van der Waals surface area contributed by atoms with E-state index in [1.54, 1.807) is 7.11 Å². The summed E-state index contributed by atoms with van der Waals surface area (Å²) in [6.07, 6.45) is 1.50. The number of anilines is 1. The van der Waals surface area contributed by atoms with Crippen molar-refractivity contribution in [2.24, 2.45) is 17.1 Å². The largest absolute Gasteiger partial charge is 0.495 e. The van der Waals surface area contributed by atoms with Crippen LogP contribution in [0.1, 0.15) is 35.4 Å². The summed E-state index contributed by atoms with van der Waals surface area (Å²) in [5.74, 6) is -1.54. The number of carboxylic acid groups (broad SMARTS) is 1. The fourth-order valence-electron chi connectivity index (χ4n) is 7.69. The molecule has 4 aliphatic rings. The lowest BCUT2D eigenvalue weighted by Crippen LogP contribution is -2.63. The number of benzene rings is 3. The van der Waals surface area contributed by atoms with E-state index in [2.05, 4.69) is 24.3 Å². The molecule has 1 saturated heterocycles. The summed E-state index contributed by atoms with van der Waals surface area (Å²) in [5.41, 5.74) is 8.26. The third kappa shape index (κ3) is 2.65. The molecule has 178 valence electrons. The average molecular weight is 469 g/mol. The molecule has 0 aromatic heterocycles. The Morgan fingerprint density at radius 3 is 2.40 bits per heavy atom. The fraction of sp³-hybridized carbons (Fsp3) is 0.310. The molecule has 1 aliphatic heterocycles. The second kappa shape index (κ2) is 7.60. The summed E-state index contributed by atoms with van der Waals surface area (Å²) in [5, 5.41) is 11.0. The number of rotatable bonds is 5. The Kier molecular flexibility index (Phi) is 4.72. The van der Waals surface area contributed by atoms with Crippen molar-refractivity contribution >= 4 is 17.6 Å². The number of hydrogen-bond donors (Lipinski definition) is 2. The Morgan fingerprint density at radius 2 is 1.69 bits per heavy atom. The minimum Gasteiger partial charge on any atom is -0.495 e. The number of primary amides is 1. The average Bonchev–Trinajstić information content (AvgIpc) is 3.29. The van der Waals surface area contributed by atoms with Crippen LogP contribution >= 0.6 is 0 Å². The van der Waals surface area contributed by atoms with E-state index in [-0.39, 0.29) is 12.5 Å². The second-order valence-corrected chi connectivity index (χ2v) is 9.99. The summed E-state index contributed by atoms with van der Waals surface area (Å²) in [7, 11) is 1.58. The van der Waals surface area contributed by atoms with E-state index in [1.165, 1.54) is 0 Å². The Bertz CT molecular complexity index is 1330. The fourth-order valence-corrected chi connectivity index (χ4v) is 7.69. The van der Waals surface area contributed by atoms with Gasteiger partial charge in [-0.1, -0.05) is 66.7 Å². The zero-order chi connectivity index (χ0) is 24.4. The number of amides is 1. The minimum absolute atomic E-state index is 0.189. The van der Waals surface area contributed by atoms with Gasteiger partial charge in [-0.2, -0.15) is 0 Å². The lowest BCUT2D eigenvalue weighted by molar-refractivity contribution is -0.158. The molecule has 6 nitrogen and oxygen atoms in total. The molecule has 3 N–H and O–H groups in total. The molecule has 1 heterocycles. The highest BCUT2D eigenvalue weighted by atomic mass is 16.5. The quantitative estimate of drug-likeness (QED) is 0.592. The van der Waals surface area contributed by atoms with Crippen LogP contribution in [0.5, 0.6) is 5.75 Å². The number of carbonyl (C=O) groups excluding carboxylic acids is 1. The number of carbonyl (C=O) groups is 2. The SMILES string of the molecule is COc1ccccc1N1CC2(C(=O)O)C3CCC(c4ccccc4)(c4ccccc43)C2C1C(N)=O. The van der Waals surface area contributed by atoms with Crippen LogP contribution in [0.15, 0.2) is 78.9 Å². The predicted molar refractivity (Wildman–Crippen MR) is 133 cm³/mol. The molecule has 6 heteroatoms. The lowest BCUT2D eigenvalue weighted by Gasteiger charge is -2.60. The number of hydrogen-bond acceptors (Lipinski definition) is 4. The standard InChI is InChI=1S/C29H28N2O4/c1-35-23-14-8-7-13-22(23)31-17-29(27(33)34)21-15-16-28(18-9-3-2-4-10-18,25(29)24(31)26(30)32)20-12-6-5-11-19(20)21/h2-14,21,24-25H,15-17H2,1H3,(H2,30,32)(H,33,34). The van der Waals surface area contributed by atoms with Gasteiger partial charge in [-0.05, 0) is 41.7 Å². The van der Waals surface area contributed by atoms with E-state index in [0.717, 1.165) is 29.5 Å². The van der Waals surface area contributed by atoms with Crippen molar-refractivity contribution in [1.82, 2.24) is 0 Å². The molecular weight excluding hydrogens is 440 g/mol. The summed E-state index contributed by atoms with van der Waals surface area (Å²) in [6, 6.07) is 24.9. The molecule has 35 heavy (non-hydrogen) atoms. The van der Waals surface area contributed by atoms with Crippen molar-refractivity contribution in [2.45, 2.75) is 30.2 Å². The Morgan fingerprint density at radius 1 is 1.00 bits per heavy atom. The molecule has 3 aromatic rings. The summed E-state index contributed by atoms with van der Waals surface area (Å²) >= 11 is 0. The Labute approximate surface area is 204 Å². The molecule has 2 bridgehead atoms. The van der Waals surface area contributed by atoms with Gasteiger partial charge in [-0.25, -0.2) is 0 Å². The predicted octanol–water partition coefficient (Wildman–Crippen LogP) is 3.93. The van der Waals surface area contributed by atoms with Crippen molar-refractivity contribution in [3.63, 3.8) is 0 Å². The first-order valence-electron chi connectivity index (χ1n) is 12.0. The number of methoxy groups -OCH3 is 1. The number of aliphatic carboxylic acids is 1. The highest BCUT2D eigenvalue weighted by Gasteiger charge is 2.74. The van der Waals surface area contributed by atoms with Gasteiger partial charge < -0.3 is 20.5 Å². The van der Waals surface area contributed by atoms with E-state index in [0.29, 0.717) is 11.4 Å². The van der Waals surface area contributed by atoms with Gasteiger partial charge in [0.2, 0.25) is 5.91 Å². The molecule has 5 atom stereocenters. The zero-order valence-corrected chi connectivity index (χ0v) is 19.6. The van der Waals surface area contributed by atoms with Gasteiger partial charge >= 0.3 is 5.97 Å². The smallest absolute Gasteiger partial charge is 0.312 e. The van der Waals surface area contributed by atoms with Gasteiger partial charge in [0.25, 0.3) is 0 Å². The van der Waals surface area contributed by atoms with Crippen LogP contribution in [0.25, 0.3) is 0 Å². The van der Waals surface area contributed by atoms with E-state index >= 15 is 0 Å². The molecule has 5 unspecified atom stereocenters. The number of ether oxygens (including phenoxy) is 1. The first-order valence-corrected chi connectivity index (χ1v) is 12.0. The molecule has 3 aliphatic carbocycles. The molecular formula is C29H28N2O4. The van der Waals surface area contributed by atoms with Gasteiger partial charge in [-0.3, -0.25) is 9.59 Å². The molecule has 1 amide bonds. The second-order valence-electron chi connectivity index (χ2n) is 9.99. The third-order valence-electron chi connectivity index (χ3n) is 8.81. The third-order valence-corrected chi connectivity index (χ3v) is 8.81. The van der Waals surface area contributed by atoms with E-state index in [4.69, 9.17) is 10.5 Å². The van der Waals surface area contributed by atoms with Gasteiger partial charge in [0, 0.05) is 23.8 Å². The minimum atomic E-state index is -1.18. The van der Waals surface area contributed by atoms with Gasteiger partial charge in [0.1, 0.15) is 11.8 Å². The summed E-state index contributed by atoms with van der Waals surface area (Å²) in [6.45, 7) is 0.189. The van der Waals surface area contributed by atoms with Gasteiger partial charge in [0.05, 0.1) is 18.2 Å². The molecule has 3 aromatic carbocycles. The monoisotopic (exact) mass is 468 g/mol. The van der Waals surface area contributed by atoms with Crippen molar-refractivity contribution in [2.75, 3.05) is 18.6 Å². The topological polar surface area (TPSA) is 92.9 Å². The van der Waals surface area contributed by atoms with Crippen LogP contribution in [0.2, 0.25) is 0 Å². The van der Waals surface area contributed by atoms with Crippen LogP contribution < -0.4 is 15.4 Å². The Balaban J connectivity index is 1.69. The van der Waals surface area contributed by atoms with Crippen LogP contribution in [-0.2, 0) is 15.0 Å². The first kappa shape index (κ1) is 21.7. The maximum atomic E-state index is 13.4. The Hall–Kier alpha value is -3.80. The van der Waals surface area contributed by atoms with Crippen LogP contribution in [0, 0.1) is 11.3 Å². The summed E-state index contributed by atoms with van der Waals surface area (Å²) < 4.78 is 5.63. The van der Waals surface area contributed by atoms with E-state index in [1.807, 2.05) is 59.5 Å². The number of para-hydroxylation sites is 2. The maximum Gasteiger partial charge on any atom is 0.312 e. The molecule has 7 rings (SSSR count). The number of nitrogens with two attached hydrogens (primary N) is 1. The number of carboxylic acids is 1. The maximum absolute atomic E-state index is 13.4. The normalized spacial score (nSPS) is 30.4. The van der Waals surface area contributed by atoms with Crippen LogP contribution in [0.4, 0.5) is 5.69 Å². The van der Waals surface area contributed by atoms with Crippen molar-refractivity contribution in [1.29, 1.82) is 0 Å². The molecule has 0 radical (unpaired) electrons. The van der Waals surface area contributed by atoms with Gasteiger partial charge in [-0.15, -0.1) is 0 Å². The summed E-state index contributed by atoms with van der Waals surface area (Å²) in [4.78, 5) is 28.6. The molecule has 1 saturated carbocycles. The van der Waals surface area contributed by atoms with Crippen LogP contribution in [0.3, 0.4) is 0 Å². The van der Waals surface area contributed by atoms with E-state index in [9.17, 15) is 14.7 Å². The van der Waals surface area contributed by atoms with Gasteiger partial charge in [0.15, 0.2) is 0 Å². The highest BCUT2D eigenvalue weighted by Crippen LogP contribution is 2.70.